The lowest BCUT2D eigenvalue weighted by molar-refractivity contribution is 0.0935. The van der Waals surface area contributed by atoms with Crippen LogP contribution in [-0.4, -0.2) is 31.0 Å². The zero-order chi connectivity index (χ0) is 8.15. The maximum atomic E-state index is 11.6. The molecule has 0 aliphatic rings. The number of hydrogen-bond donors (Lipinski definition) is 0. The Labute approximate surface area is 59.0 Å². The van der Waals surface area contributed by atoms with Crippen LogP contribution < -0.4 is 0 Å². The smallest absolute Gasteiger partial charge is 0.251 e. The Morgan fingerprint density at radius 3 is 2.40 bits per heavy atom. The highest BCUT2D eigenvalue weighted by Crippen LogP contribution is 1.99. The van der Waals surface area contributed by atoms with Crippen LogP contribution in [0.2, 0.25) is 0 Å². The van der Waals surface area contributed by atoms with E-state index >= 15 is 0 Å². The van der Waals surface area contributed by atoms with Gasteiger partial charge in [0.1, 0.15) is 0 Å². The normalized spacial score (nSPS) is 13.7. The van der Waals surface area contributed by atoms with Crippen molar-refractivity contribution >= 4 is 0 Å². The van der Waals surface area contributed by atoms with Gasteiger partial charge in [-0.2, -0.15) is 5.26 Å². The molecular weight excluding hydrogens is 138 g/mol. The van der Waals surface area contributed by atoms with Crippen LogP contribution in [0.3, 0.4) is 0 Å². The van der Waals surface area contributed by atoms with E-state index in [1.807, 2.05) is 6.07 Å². The van der Waals surface area contributed by atoms with Crippen molar-refractivity contribution in [1.82, 2.24) is 4.90 Å². The molecule has 0 heterocycles. The van der Waals surface area contributed by atoms with E-state index in [1.54, 1.807) is 6.92 Å². The van der Waals surface area contributed by atoms with Crippen molar-refractivity contribution < 1.29 is 8.78 Å². The van der Waals surface area contributed by atoms with Gasteiger partial charge in [-0.15, -0.1) is 0 Å². The molecule has 0 bridgehead atoms. The van der Waals surface area contributed by atoms with Crippen LogP contribution in [0.15, 0.2) is 0 Å². The molecule has 4 heteroatoms. The van der Waals surface area contributed by atoms with Gasteiger partial charge in [0.05, 0.1) is 18.7 Å². The topological polar surface area (TPSA) is 27.0 Å². The van der Waals surface area contributed by atoms with Gasteiger partial charge in [0.25, 0.3) is 6.43 Å². The molecule has 0 fully saturated rings. The maximum Gasteiger partial charge on any atom is 0.251 e. The molecule has 10 heavy (non-hydrogen) atoms. The molecule has 1 unspecified atom stereocenters. The first-order chi connectivity index (χ1) is 4.57. The van der Waals surface area contributed by atoms with Gasteiger partial charge >= 0.3 is 0 Å². The van der Waals surface area contributed by atoms with Gasteiger partial charge in [-0.1, -0.05) is 0 Å². The van der Waals surface area contributed by atoms with Crippen LogP contribution in [-0.2, 0) is 0 Å². The average molecular weight is 148 g/mol. The van der Waals surface area contributed by atoms with Crippen LogP contribution in [0.4, 0.5) is 8.78 Å². The molecule has 0 saturated carbocycles. The fourth-order valence-corrected chi connectivity index (χ4v) is 0.474. The fourth-order valence-electron chi connectivity index (χ4n) is 0.474. The molecule has 0 aliphatic heterocycles. The lowest BCUT2D eigenvalue weighted by atomic mass is 10.3. The van der Waals surface area contributed by atoms with Gasteiger partial charge in [-0.3, -0.25) is 4.90 Å². The van der Waals surface area contributed by atoms with Crippen molar-refractivity contribution in [2.45, 2.75) is 19.4 Å². The van der Waals surface area contributed by atoms with Crippen molar-refractivity contribution in [3.8, 4) is 6.07 Å². The first kappa shape index (κ1) is 9.31. The van der Waals surface area contributed by atoms with Crippen LogP contribution in [0.1, 0.15) is 6.92 Å². The highest BCUT2D eigenvalue weighted by atomic mass is 19.3. The van der Waals surface area contributed by atoms with Crippen LogP contribution in [0, 0.1) is 11.3 Å². The minimum absolute atomic E-state index is 0.339. The lowest BCUT2D eigenvalue weighted by Gasteiger charge is -2.17. The SMILES string of the molecule is CC(C#N)N(C)CC(F)F. The quantitative estimate of drug-likeness (QED) is 0.599. The highest BCUT2D eigenvalue weighted by molar-refractivity contribution is 4.86. The molecule has 2 nitrogen and oxygen atoms in total. The molecule has 0 aromatic heterocycles. The van der Waals surface area contributed by atoms with Crippen molar-refractivity contribution in [2.24, 2.45) is 0 Å². The molecule has 0 radical (unpaired) electrons. The summed E-state index contributed by atoms with van der Waals surface area (Å²) in [5.74, 6) is 0. The Balaban J connectivity index is 3.64. The maximum absolute atomic E-state index is 11.6. The first-order valence-electron chi connectivity index (χ1n) is 2.96. The van der Waals surface area contributed by atoms with E-state index in [1.165, 1.54) is 11.9 Å². The Bertz CT molecular complexity index is 130. The summed E-state index contributed by atoms with van der Waals surface area (Å²) in [6.07, 6.45) is -2.36. The predicted molar refractivity (Wildman–Crippen MR) is 33.7 cm³/mol. The summed E-state index contributed by atoms with van der Waals surface area (Å²) in [6.45, 7) is 1.25. The number of alkyl halides is 2. The van der Waals surface area contributed by atoms with E-state index in [2.05, 4.69) is 0 Å². The van der Waals surface area contributed by atoms with Crippen LogP contribution >= 0.6 is 0 Å². The van der Waals surface area contributed by atoms with Gasteiger partial charge < -0.3 is 0 Å². The van der Waals surface area contributed by atoms with E-state index in [0.29, 0.717) is 0 Å². The zero-order valence-electron chi connectivity index (χ0n) is 6.01. The second-order valence-corrected chi connectivity index (χ2v) is 2.14. The predicted octanol–water partition coefficient (Wildman–Crippen LogP) is 1.10. The standard InChI is InChI=1S/C6H10F2N2/c1-5(3-9)10(2)4-6(7)8/h5-6H,4H2,1-2H3. The monoisotopic (exact) mass is 148 g/mol. The summed E-state index contributed by atoms with van der Waals surface area (Å²) < 4.78 is 23.3. The second kappa shape index (κ2) is 4.18. The molecule has 1 atom stereocenters. The van der Waals surface area contributed by atoms with Crippen molar-refractivity contribution in [2.75, 3.05) is 13.6 Å². The number of nitriles is 1. The van der Waals surface area contributed by atoms with E-state index in [9.17, 15) is 8.78 Å². The molecule has 0 spiro atoms. The molecule has 0 saturated heterocycles. The summed E-state index contributed by atoms with van der Waals surface area (Å²) >= 11 is 0. The average Bonchev–Trinajstić information content (AvgIpc) is 1.85. The van der Waals surface area contributed by atoms with E-state index in [4.69, 9.17) is 5.26 Å². The number of halogens is 2. The third-order valence-corrected chi connectivity index (χ3v) is 1.27. The Morgan fingerprint density at radius 1 is 1.60 bits per heavy atom. The van der Waals surface area contributed by atoms with Crippen LogP contribution in [0.5, 0.6) is 0 Å². The molecular formula is C6H10F2N2. The molecule has 0 amide bonds. The number of rotatable bonds is 3. The molecule has 0 N–H and O–H groups in total. The summed E-state index contributed by atoms with van der Waals surface area (Å²) in [7, 11) is 1.50. The Hall–Kier alpha value is -0.690. The number of hydrogen-bond acceptors (Lipinski definition) is 2. The van der Waals surface area contributed by atoms with Crippen molar-refractivity contribution in [3.05, 3.63) is 0 Å². The largest absolute Gasteiger partial charge is 0.286 e. The summed E-state index contributed by atoms with van der Waals surface area (Å²) in [6, 6.07) is 1.43. The summed E-state index contributed by atoms with van der Waals surface area (Å²) in [5, 5.41) is 8.28. The molecule has 0 aromatic rings. The zero-order valence-corrected chi connectivity index (χ0v) is 6.01. The van der Waals surface area contributed by atoms with Gasteiger partial charge in [0, 0.05) is 0 Å². The van der Waals surface area contributed by atoms with Gasteiger partial charge in [0.2, 0.25) is 0 Å². The van der Waals surface area contributed by atoms with Crippen LogP contribution in [0.25, 0.3) is 0 Å². The van der Waals surface area contributed by atoms with E-state index in [-0.39, 0.29) is 6.54 Å². The minimum atomic E-state index is -2.36. The third kappa shape index (κ3) is 3.36. The highest BCUT2D eigenvalue weighted by Gasteiger charge is 2.12. The first-order valence-corrected chi connectivity index (χ1v) is 2.96. The van der Waals surface area contributed by atoms with E-state index in [0.717, 1.165) is 0 Å². The summed E-state index contributed by atoms with van der Waals surface area (Å²) in [5.41, 5.74) is 0. The third-order valence-electron chi connectivity index (χ3n) is 1.27. The second-order valence-electron chi connectivity index (χ2n) is 2.14. The van der Waals surface area contributed by atoms with Gasteiger partial charge in [0.15, 0.2) is 0 Å². The molecule has 58 valence electrons. The fraction of sp³-hybridized carbons (Fsp3) is 0.833. The molecule has 0 rings (SSSR count). The van der Waals surface area contributed by atoms with Gasteiger partial charge in [-0.05, 0) is 14.0 Å². The number of nitrogens with zero attached hydrogens (tertiary/aromatic N) is 2. The minimum Gasteiger partial charge on any atom is -0.286 e. The summed E-state index contributed by atoms with van der Waals surface area (Å²) in [4.78, 5) is 1.31. The van der Waals surface area contributed by atoms with Crippen molar-refractivity contribution in [1.29, 1.82) is 5.26 Å². The molecule has 0 aromatic carbocycles. The van der Waals surface area contributed by atoms with Gasteiger partial charge in [-0.25, -0.2) is 8.78 Å². The molecule has 0 aliphatic carbocycles. The van der Waals surface area contributed by atoms with Crippen molar-refractivity contribution in [3.63, 3.8) is 0 Å². The van der Waals surface area contributed by atoms with E-state index < -0.39 is 12.5 Å². The Morgan fingerprint density at radius 2 is 2.10 bits per heavy atom. The Kier molecular flexibility index (Phi) is 3.89. The lowest BCUT2D eigenvalue weighted by Crippen LogP contribution is -2.31.